The maximum Gasteiger partial charge on any atom is 0.308 e. The zero-order chi connectivity index (χ0) is 24.7. The Morgan fingerprint density at radius 2 is 1.80 bits per heavy atom. The molecule has 0 saturated heterocycles. The standard InChI is InChI=1S/C27H26N4O2S2/c1-15-16(2)35-27-24(15)25(28-22(14-23(32)33-4)26-30-29-17(3)31(26)27)19-11-9-18(10-12-19)20-7-6-8-21(13-20)34-5/h6-13,22H,14H2,1-5H3/t22-/m0/s1. The number of carbonyl (C=O) groups is 1. The van der Waals surface area contributed by atoms with E-state index in [-0.39, 0.29) is 12.4 Å². The van der Waals surface area contributed by atoms with E-state index in [1.165, 1.54) is 28.0 Å². The molecule has 0 saturated carbocycles. The number of carbonyl (C=O) groups excluding carboxylic acids is 1. The third kappa shape index (κ3) is 4.21. The number of thioether (sulfide) groups is 1. The van der Waals surface area contributed by atoms with E-state index in [1.807, 2.05) is 11.5 Å². The normalized spacial score (nSPS) is 14.7. The monoisotopic (exact) mass is 502 g/mol. The van der Waals surface area contributed by atoms with E-state index in [4.69, 9.17) is 9.73 Å². The van der Waals surface area contributed by atoms with Crippen molar-refractivity contribution in [2.75, 3.05) is 13.4 Å². The molecular weight excluding hydrogens is 476 g/mol. The smallest absolute Gasteiger partial charge is 0.308 e. The van der Waals surface area contributed by atoms with Crippen molar-refractivity contribution < 1.29 is 9.53 Å². The molecule has 0 spiro atoms. The van der Waals surface area contributed by atoms with Crippen molar-refractivity contribution in [3.63, 3.8) is 0 Å². The number of aliphatic imine (C=N–C) groups is 1. The summed E-state index contributed by atoms with van der Waals surface area (Å²) in [7, 11) is 1.40. The Morgan fingerprint density at radius 3 is 2.51 bits per heavy atom. The van der Waals surface area contributed by atoms with Crippen LogP contribution < -0.4 is 0 Å². The first-order chi connectivity index (χ1) is 16.9. The SMILES string of the molecule is COC(=O)C[C@@H]1N=C(c2ccc(-c3cccc(SC)c3)cc2)c2c(sc(C)c2C)-n2c(C)nnc21. The van der Waals surface area contributed by atoms with Crippen molar-refractivity contribution in [2.45, 2.75) is 38.1 Å². The summed E-state index contributed by atoms with van der Waals surface area (Å²) in [4.78, 5) is 19.9. The summed E-state index contributed by atoms with van der Waals surface area (Å²) in [5.41, 5.74) is 6.45. The van der Waals surface area contributed by atoms with Gasteiger partial charge in [0.15, 0.2) is 5.82 Å². The van der Waals surface area contributed by atoms with Crippen molar-refractivity contribution in [3.8, 4) is 16.1 Å². The number of rotatable bonds is 5. The fraction of sp³-hybridized carbons (Fsp3) is 0.259. The number of hydrogen-bond donors (Lipinski definition) is 0. The number of nitrogens with zero attached hydrogens (tertiary/aromatic N) is 4. The largest absolute Gasteiger partial charge is 0.469 e. The minimum atomic E-state index is -0.490. The number of hydrogen-bond acceptors (Lipinski definition) is 7. The number of aromatic nitrogens is 3. The molecule has 0 amide bonds. The predicted octanol–water partition coefficient (Wildman–Crippen LogP) is 6.10. The summed E-state index contributed by atoms with van der Waals surface area (Å²) in [6.45, 7) is 6.18. The molecule has 1 aliphatic heterocycles. The predicted molar refractivity (Wildman–Crippen MR) is 142 cm³/mol. The second kappa shape index (κ2) is 9.43. The number of thiophene rings is 1. The van der Waals surface area contributed by atoms with Gasteiger partial charge in [-0.2, -0.15) is 0 Å². The van der Waals surface area contributed by atoms with Gasteiger partial charge in [0.1, 0.15) is 16.9 Å². The molecule has 0 radical (unpaired) electrons. The molecule has 5 rings (SSSR count). The van der Waals surface area contributed by atoms with Crippen LogP contribution >= 0.6 is 23.1 Å². The molecule has 1 atom stereocenters. The van der Waals surface area contributed by atoms with Crippen LogP contribution in [0.15, 0.2) is 58.4 Å². The van der Waals surface area contributed by atoms with Crippen LogP contribution in [-0.4, -0.2) is 39.8 Å². The first kappa shape index (κ1) is 23.5. The van der Waals surface area contributed by atoms with Crippen LogP contribution in [0.5, 0.6) is 0 Å². The summed E-state index contributed by atoms with van der Waals surface area (Å²) in [5.74, 6) is 1.11. The van der Waals surface area contributed by atoms with Crippen molar-refractivity contribution in [1.82, 2.24) is 14.8 Å². The van der Waals surface area contributed by atoms with Crippen LogP contribution in [0.25, 0.3) is 16.1 Å². The number of esters is 1. The van der Waals surface area contributed by atoms with E-state index in [9.17, 15) is 4.79 Å². The molecule has 0 bridgehead atoms. The molecule has 0 N–H and O–H groups in total. The van der Waals surface area contributed by atoms with Gasteiger partial charge >= 0.3 is 5.97 Å². The van der Waals surface area contributed by atoms with Gasteiger partial charge in [0.05, 0.1) is 19.2 Å². The van der Waals surface area contributed by atoms with Crippen LogP contribution in [0.3, 0.4) is 0 Å². The molecule has 178 valence electrons. The molecule has 6 nitrogen and oxygen atoms in total. The molecule has 35 heavy (non-hydrogen) atoms. The van der Waals surface area contributed by atoms with Gasteiger partial charge in [-0.25, -0.2) is 0 Å². The van der Waals surface area contributed by atoms with Crippen molar-refractivity contribution >= 4 is 34.8 Å². The van der Waals surface area contributed by atoms with E-state index in [1.54, 1.807) is 23.1 Å². The Balaban J connectivity index is 1.66. The van der Waals surface area contributed by atoms with Gasteiger partial charge in [0.2, 0.25) is 0 Å². The van der Waals surface area contributed by atoms with Gasteiger partial charge in [-0.15, -0.1) is 33.3 Å². The second-order valence-corrected chi connectivity index (χ2v) is 10.6. The molecule has 3 heterocycles. The van der Waals surface area contributed by atoms with Crippen molar-refractivity contribution in [3.05, 3.63) is 81.7 Å². The molecule has 0 fully saturated rings. The summed E-state index contributed by atoms with van der Waals surface area (Å²) in [5, 5.41) is 9.78. The first-order valence-corrected chi connectivity index (χ1v) is 13.4. The lowest BCUT2D eigenvalue weighted by Crippen LogP contribution is -2.12. The van der Waals surface area contributed by atoms with Crippen LogP contribution in [0.1, 0.15) is 45.7 Å². The van der Waals surface area contributed by atoms with Gasteiger partial charge in [0.25, 0.3) is 0 Å². The highest BCUT2D eigenvalue weighted by atomic mass is 32.2. The molecule has 0 unspecified atom stereocenters. The van der Waals surface area contributed by atoms with E-state index in [2.05, 4.69) is 78.8 Å². The van der Waals surface area contributed by atoms with Crippen LogP contribution in [0.4, 0.5) is 0 Å². The lowest BCUT2D eigenvalue weighted by atomic mass is 9.97. The number of methoxy groups -OCH3 is 1. The van der Waals surface area contributed by atoms with Gasteiger partial charge in [-0.05, 0) is 55.9 Å². The zero-order valence-electron chi connectivity index (χ0n) is 20.3. The maximum absolute atomic E-state index is 12.3. The molecule has 4 aromatic rings. The van der Waals surface area contributed by atoms with Crippen LogP contribution in [0.2, 0.25) is 0 Å². The summed E-state index contributed by atoms with van der Waals surface area (Å²) in [6, 6.07) is 16.6. The Hall–Kier alpha value is -3.23. The van der Waals surface area contributed by atoms with E-state index >= 15 is 0 Å². The highest BCUT2D eigenvalue weighted by Gasteiger charge is 2.32. The van der Waals surface area contributed by atoms with Gasteiger partial charge in [0, 0.05) is 20.9 Å². The molecule has 2 aromatic carbocycles. The third-order valence-corrected chi connectivity index (χ3v) is 8.31. The minimum absolute atomic E-state index is 0.102. The Morgan fingerprint density at radius 1 is 1.06 bits per heavy atom. The van der Waals surface area contributed by atoms with Crippen molar-refractivity contribution in [1.29, 1.82) is 0 Å². The average molecular weight is 503 g/mol. The minimum Gasteiger partial charge on any atom is -0.469 e. The first-order valence-electron chi connectivity index (χ1n) is 11.3. The fourth-order valence-electron chi connectivity index (χ4n) is 4.39. The topological polar surface area (TPSA) is 69.4 Å². The third-order valence-electron chi connectivity index (χ3n) is 6.39. The van der Waals surface area contributed by atoms with Gasteiger partial charge in [-0.3, -0.25) is 14.4 Å². The van der Waals surface area contributed by atoms with E-state index < -0.39 is 6.04 Å². The highest BCUT2D eigenvalue weighted by molar-refractivity contribution is 7.98. The second-order valence-electron chi connectivity index (χ2n) is 8.49. The Kier molecular flexibility index (Phi) is 6.34. The lowest BCUT2D eigenvalue weighted by Gasteiger charge is -2.12. The number of fused-ring (bicyclic) bond motifs is 3. The number of benzene rings is 2. The quantitative estimate of drug-likeness (QED) is 0.244. The Labute approximate surface area is 213 Å². The summed E-state index contributed by atoms with van der Waals surface area (Å²) >= 11 is 3.44. The highest BCUT2D eigenvalue weighted by Crippen LogP contribution is 2.39. The van der Waals surface area contributed by atoms with Crippen molar-refractivity contribution in [2.24, 2.45) is 4.99 Å². The summed E-state index contributed by atoms with van der Waals surface area (Å²) in [6.07, 6.45) is 2.19. The van der Waals surface area contributed by atoms with Crippen LogP contribution in [0, 0.1) is 20.8 Å². The molecule has 8 heteroatoms. The fourth-order valence-corrected chi connectivity index (χ4v) is 6.06. The maximum atomic E-state index is 12.3. The lowest BCUT2D eigenvalue weighted by molar-refractivity contribution is -0.141. The molecule has 1 aliphatic rings. The zero-order valence-corrected chi connectivity index (χ0v) is 22.0. The van der Waals surface area contributed by atoms with Crippen LogP contribution in [-0.2, 0) is 9.53 Å². The summed E-state index contributed by atoms with van der Waals surface area (Å²) < 4.78 is 7.02. The van der Waals surface area contributed by atoms with E-state index in [0.29, 0.717) is 5.82 Å². The number of aryl methyl sites for hydroxylation is 2. The van der Waals surface area contributed by atoms with Gasteiger partial charge < -0.3 is 4.74 Å². The molecule has 0 aliphatic carbocycles. The van der Waals surface area contributed by atoms with Gasteiger partial charge in [-0.1, -0.05) is 36.4 Å². The average Bonchev–Trinajstić information content (AvgIpc) is 3.36. The molecule has 2 aromatic heterocycles. The molecular formula is C27H26N4O2S2. The Bertz CT molecular complexity index is 1450. The van der Waals surface area contributed by atoms with E-state index in [0.717, 1.165) is 33.2 Å². The number of ether oxygens (including phenoxy) is 1.